The van der Waals surface area contributed by atoms with E-state index in [-0.39, 0.29) is 5.75 Å². The van der Waals surface area contributed by atoms with Gasteiger partial charge in [-0.25, -0.2) is 4.39 Å². The molecule has 12 heavy (non-hydrogen) atoms. The third-order valence-electron chi connectivity index (χ3n) is 1.49. The second kappa shape index (κ2) is 3.49. The van der Waals surface area contributed by atoms with E-state index in [1.165, 1.54) is 13.2 Å². The Kier molecular flexibility index (Phi) is 2.60. The van der Waals surface area contributed by atoms with E-state index >= 15 is 0 Å². The third-order valence-corrected chi connectivity index (χ3v) is 1.49. The minimum absolute atomic E-state index is 0.0981. The van der Waals surface area contributed by atoms with E-state index in [1.807, 2.05) is 0 Å². The number of rotatable bonds is 2. The molecular weight excluding hydrogens is 161 g/mol. The number of nitrogens with zero attached hydrogens (tertiary/aromatic N) is 1. The summed E-state index contributed by atoms with van der Waals surface area (Å²) >= 11 is 0. The van der Waals surface area contributed by atoms with Crippen molar-refractivity contribution in [3.63, 3.8) is 0 Å². The minimum Gasteiger partial charge on any atom is -0.494 e. The van der Waals surface area contributed by atoms with Crippen LogP contribution in [0, 0.1) is 5.82 Å². The number of methoxy groups -OCH3 is 1. The van der Waals surface area contributed by atoms with Crippen molar-refractivity contribution in [2.75, 3.05) is 7.11 Å². The Hall–Kier alpha value is -1.16. The fourth-order valence-electron chi connectivity index (χ4n) is 0.820. The quantitative estimate of drug-likeness (QED) is 0.728. The molecule has 3 nitrogen and oxygen atoms in total. The van der Waals surface area contributed by atoms with Crippen molar-refractivity contribution in [1.82, 2.24) is 4.98 Å². The van der Waals surface area contributed by atoms with Crippen molar-refractivity contribution < 1.29 is 14.2 Å². The molecule has 0 spiro atoms. The second-order valence-corrected chi connectivity index (χ2v) is 2.42. The highest BCUT2D eigenvalue weighted by Crippen LogP contribution is 2.19. The Morgan fingerprint density at radius 2 is 2.33 bits per heavy atom. The van der Waals surface area contributed by atoms with Gasteiger partial charge in [-0.1, -0.05) is 0 Å². The van der Waals surface area contributed by atoms with Gasteiger partial charge in [0.15, 0.2) is 11.6 Å². The van der Waals surface area contributed by atoms with Crippen LogP contribution < -0.4 is 4.74 Å². The number of aliphatic hydroxyl groups excluding tert-OH is 1. The standard InChI is InChI=1S/C8H10FNO2/c1-5(11)7-3-8(12-2)6(9)4-10-7/h3-5,11H,1-2H3. The predicted molar refractivity (Wildman–Crippen MR) is 41.4 cm³/mol. The molecule has 0 radical (unpaired) electrons. The summed E-state index contributed by atoms with van der Waals surface area (Å²) in [4.78, 5) is 3.68. The first-order valence-electron chi connectivity index (χ1n) is 3.52. The first kappa shape index (κ1) is 8.93. The number of aliphatic hydroxyl groups is 1. The summed E-state index contributed by atoms with van der Waals surface area (Å²) in [5.41, 5.74) is 0.397. The van der Waals surface area contributed by atoms with E-state index in [2.05, 4.69) is 4.98 Å². The van der Waals surface area contributed by atoms with Crippen LogP contribution in [0.4, 0.5) is 4.39 Å². The molecule has 0 saturated heterocycles. The predicted octanol–water partition coefficient (Wildman–Crippen LogP) is 1.28. The molecular formula is C8H10FNO2. The van der Waals surface area contributed by atoms with Crippen molar-refractivity contribution in [2.45, 2.75) is 13.0 Å². The molecule has 1 aromatic heterocycles. The van der Waals surface area contributed by atoms with E-state index in [0.29, 0.717) is 5.69 Å². The highest BCUT2D eigenvalue weighted by molar-refractivity contribution is 5.25. The van der Waals surface area contributed by atoms with Gasteiger partial charge in [-0.3, -0.25) is 4.98 Å². The summed E-state index contributed by atoms with van der Waals surface area (Å²) in [6, 6.07) is 1.38. The van der Waals surface area contributed by atoms with E-state index in [9.17, 15) is 4.39 Å². The van der Waals surface area contributed by atoms with Crippen LogP contribution >= 0.6 is 0 Å². The Bertz CT molecular complexity index is 276. The highest BCUT2D eigenvalue weighted by atomic mass is 19.1. The molecule has 0 saturated carbocycles. The van der Waals surface area contributed by atoms with Gasteiger partial charge < -0.3 is 9.84 Å². The van der Waals surface area contributed by atoms with Crippen molar-refractivity contribution in [3.05, 3.63) is 23.8 Å². The molecule has 1 rings (SSSR count). The average Bonchev–Trinajstić information content (AvgIpc) is 2.05. The molecule has 0 aliphatic carbocycles. The molecule has 0 fully saturated rings. The maximum absolute atomic E-state index is 12.8. The van der Waals surface area contributed by atoms with Crippen molar-refractivity contribution in [2.24, 2.45) is 0 Å². The highest BCUT2D eigenvalue weighted by Gasteiger charge is 2.07. The summed E-state index contributed by atoms with van der Waals surface area (Å²) in [5.74, 6) is -0.428. The maximum atomic E-state index is 12.8. The Balaban J connectivity index is 3.05. The third kappa shape index (κ3) is 1.71. The lowest BCUT2D eigenvalue weighted by atomic mass is 10.2. The van der Waals surface area contributed by atoms with Gasteiger partial charge in [0.05, 0.1) is 25.1 Å². The number of aromatic nitrogens is 1. The maximum Gasteiger partial charge on any atom is 0.183 e. The minimum atomic E-state index is -0.709. The van der Waals surface area contributed by atoms with Crippen LogP contribution in [0.3, 0.4) is 0 Å². The first-order valence-corrected chi connectivity index (χ1v) is 3.52. The number of ether oxygens (including phenoxy) is 1. The lowest BCUT2D eigenvalue weighted by Gasteiger charge is -2.06. The molecule has 0 aliphatic rings. The molecule has 1 aromatic rings. The molecule has 1 N–H and O–H groups in total. The zero-order valence-corrected chi connectivity index (χ0v) is 6.91. The van der Waals surface area contributed by atoms with Gasteiger partial charge in [0.25, 0.3) is 0 Å². The Labute approximate surface area is 69.8 Å². The molecule has 0 amide bonds. The van der Waals surface area contributed by atoms with Crippen LogP contribution in [0.2, 0.25) is 0 Å². The van der Waals surface area contributed by atoms with E-state index < -0.39 is 11.9 Å². The normalized spacial score (nSPS) is 12.7. The number of pyridine rings is 1. The van der Waals surface area contributed by atoms with Crippen LogP contribution in [-0.2, 0) is 0 Å². The molecule has 4 heteroatoms. The van der Waals surface area contributed by atoms with Crippen molar-refractivity contribution in [1.29, 1.82) is 0 Å². The SMILES string of the molecule is COc1cc(C(C)O)ncc1F. The van der Waals surface area contributed by atoms with E-state index in [4.69, 9.17) is 9.84 Å². The second-order valence-electron chi connectivity index (χ2n) is 2.42. The van der Waals surface area contributed by atoms with Gasteiger partial charge in [0.2, 0.25) is 0 Å². The Morgan fingerprint density at radius 1 is 1.67 bits per heavy atom. The largest absolute Gasteiger partial charge is 0.494 e. The average molecular weight is 171 g/mol. The van der Waals surface area contributed by atoms with Gasteiger partial charge in [0, 0.05) is 6.07 Å². The topological polar surface area (TPSA) is 42.4 Å². The molecule has 0 aromatic carbocycles. The number of hydrogen-bond donors (Lipinski definition) is 1. The van der Waals surface area contributed by atoms with Gasteiger partial charge in [0.1, 0.15) is 0 Å². The Morgan fingerprint density at radius 3 is 2.83 bits per heavy atom. The first-order chi connectivity index (χ1) is 5.65. The smallest absolute Gasteiger partial charge is 0.183 e. The summed E-state index contributed by atoms with van der Waals surface area (Å²) < 4.78 is 17.5. The lowest BCUT2D eigenvalue weighted by Crippen LogP contribution is -1.98. The lowest BCUT2D eigenvalue weighted by molar-refractivity contribution is 0.193. The number of halogens is 1. The zero-order valence-electron chi connectivity index (χ0n) is 6.91. The van der Waals surface area contributed by atoms with Crippen LogP contribution in [0.5, 0.6) is 5.75 Å². The van der Waals surface area contributed by atoms with Gasteiger partial charge >= 0.3 is 0 Å². The molecule has 0 aliphatic heterocycles. The molecule has 66 valence electrons. The molecule has 1 unspecified atom stereocenters. The van der Waals surface area contributed by atoms with E-state index in [1.54, 1.807) is 6.92 Å². The van der Waals surface area contributed by atoms with Crippen LogP contribution in [0.25, 0.3) is 0 Å². The van der Waals surface area contributed by atoms with Gasteiger partial charge in [-0.15, -0.1) is 0 Å². The van der Waals surface area contributed by atoms with Crippen LogP contribution in [-0.4, -0.2) is 17.2 Å². The molecule has 1 heterocycles. The van der Waals surface area contributed by atoms with Gasteiger partial charge in [-0.2, -0.15) is 0 Å². The number of hydrogen-bond acceptors (Lipinski definition) is 3. The van der Waals surface area contributed by atoms with Crippen molar-refractivity contribution in [3.8, 4) is 5.75 Å². The summed E-state index contributed by atoms with van der Waals surface area (Å²) in [6.07, 6.45) is 0.320. The molecule has 0 bridgehead atoms. The fraction of sp³-hybridized carbons (Fsp3) is 0.375. The van der Waals surface area contributed by atoms with E-state index in [0.717, 1.165) is 6.20 Å². The summed E-state index contributed by atoms with van der Waals surface area (Å²) in [5, 5.41) is 9.09. The van der Waals surface area contributed by atoms with Crippen LogP contribution in [0.1, 0.15) is 18.7 Å². The van der Waals surface area contributed by atoms with Crippen molar-refractivity contribution >= 4 is 0 Å². The fourth-order valence-corrected chi connectivity index (χ4v) is 0.820. The van der Waals surface area contributed by atoms with Crippen LogP contribution in [0.15, 0.2) is 12.3 Å². The monoisotopic (exact) mass is 171 g/mol. The van der Waals surface area contributed by atoms with Gasteiger partial charge in [-0.05, 0) is 6.92 Å². The summed E-state index contributed by atoms with van der Waals surface area (Å²) in [7, 11) is 1.37. The molecule has 1 atom stereocenters. The zero-order chi connectivity index (χ0) is 9.14. The summed E-state index contributed by atoms with van der Waals surface area (Å²) in [6.45, 7) is 1.56.